The van der Waals surface area contributed by atoms with Gasteiger partial charge in [0.1, 0.15) is 16.4 Å². The third kappa shape index (κ3) is 4.48. The summed E-state index contributed by atoms with van der Waals surface area (Å²) < 4.78 is 38.3. The fraction of sp³-hybridized carbons (Fsp3) is 0.538. The van der Waals surface area contributed by atoms with E-state index in [2.05, 4.69) is 20.7 Å². The minimum absolute atomic E-state index is 0. The SMILES string of the molecule is COc1cc(S(=O)(=O)NCC(N)C2CC2)c(OC)cc1Br.Cl. The monoisotopic (exact) mass is 414 g/mol. The molecule has 1 aromatic rings. The third-order valence-electron chi connectivity index (χ3n) is 3.46. The first-order valence-electron chi connectivity index (χ1n) is 6.55. The standard InChI is InChI=1S/C13H19BrN2O4S.ClH/c1-19-11-6-13(12(20-2)5-9(11)14)21(17,18)16-7-10(15)8-3-4-8;/h5-6,8,10,16H,3-4,7,15H2,1-2H3;1H. The smallest absolute Gasteiger partial charge is 0.244 e. The highest BCUT2D eigenvalue weighted by atomic mass is 79.9. The van der Waals surface area contributed by atoms with Crippen molar-refractivity contribution in [1.82, 2.24) is 4.72 Å². The molecular weight excluding hydrogens is 396 g/mol. The Balaban J connectivity index is 0.00000242. The quantitative estimate of drug-likeness (QED) is 0.710. The molecule has 0 heterocycles. The van der Waals surface area contributed by atoms with Crippen LogP contribution in [-0.4, -0.2) is 35.2 Å². The average Bonchev–Trinajstić information content (AvgIpc) is 3.28. The van der Waals surface area contributed by atoms with Gasteiger partial charge >= 0.3 is 0 Å². The van der Waals surface area contributed by atoms with Crippen molar-refractivity contribution in [3.05, 3.63) is 16.6 Å². The lowest BCUT2D eigenvalue weighted by Crippen LogP contribution is -2.38. The van der Waals surface area contributed by atoms with Gasteiger partial charge in [-0.05, 0) is 40.8 Å². The Morgan fingerprint density at radius 1 is 1.32 bits per heavy atom. The highest BCUT2D eigenvalue weighted by Gasteiger charge is 2.30. The molecule has 0 aliphatic heterocycles. The number of benzene rings is 1. The van der Waals surface area contributed by atoms with Gasteiger partial charge in [-0.3, -0.25) is 0 Å². The first kappa shape index (κ1) is 19.5. The number of sulfonamides is 1. The molecule has 1 atom stereocenters. The molecule has 1 aliphatic rings. The number of hydrogen-bond donors (Lipinski definition) is 2. The van der Waals surface area contributed by atoms with Crippen LogP contribution in [0.15, 0.2) is 21.5 Å². The Kier molecular flexibility index (Phi) is 6.94. The van der Waals surface area contributed by atoms with E-state index < -0.39 is 10.0 Å². The normalized spacial score (nSPS) is 15.8. The molecule has 0 bridgehead atoms. The predicted octanol–water partition coefficient (Wildman–Crippen LogP) is 1.90. The highest BCUT2D eigenvalue weighted by molar-refractivity contribution is 9.10. The number of nitrogens with one attached hydrogen (secondary N) is 1. The molecule has 1 unspecified atom stereocenters. The lowest BCUT2D eigenvalue weighted by Gasteiger charge is -2.15. The van der Waals surface area contributed by atoms with E-state index in [9.17, 15) is 8.42 Å². The van der Waals surface area contributed by atoms with Crippen molar-refractivity contribution in [2.45, 2.75) is 23.8 Å². The van der Waals surface area contributed by atoms with Crippen molar-refractivity contribution in [3.8, 4) is 11.5 Å². The predicted molar refractivity (Wildman–Crippen MR) is 90.4 cm³/mol. The van der Waals surface area contributed by atoms with E-state index in [1.807, 2.05) is 0 Å². The number of ether oxygens (including phenoxy) is 2. The molecule has 0 radical (unpaired) electrons. The second-order valence-electron chi connectivity index (χ2n) is 4.99. The summed E-state index contributed by atoms with van der Waals surface area (Å²) in [6, 6.07) is 2.84. The zero-order chi connectivity index (χ0) is 15.6. The molecular formula is C13H20BrClN2O4S. The molecule has 1 fully saturated rings. The molecule has 1 aromatic carbocycles. The first-order chi connectivity index (χ1) is 9.89. The highest BCUT2D eigenvalue weighted by Crippen LogP contribution is 2.35. The van der Waals surface area contributed by atoms with Crippen molar-refractivity contribution in [3.63, 3.8) is 0 Å². The van der Waals surface area contributed by atoms with Crippen molar-refractivity contribution >= 4 is 38.4 Å². The van der Waals surface area contributed by atoms with Crippen LogP contribution in [0.3, 0.4) is 0 Å². The zero-order valence-electron chi connectivity index (χ0n) is 12.3. The number of halogens is 2. The minimum atomic E-state index is -3.71. The molecule has 3 N–H and O–H groups in total. The lowest BCUT2D eigenvalue weighted by atomic mass is 10.2. The van der Waals surface area contributed by atoms with Crippen molar-refractivity contribution in [2.75, 3.05) is 20.8 Å². The van der Waals surface area contributed by atoms with E-state index in [-0.39, 0.29) is 35.6 Å². The zero-order valence-corrected chi connectivity index (χ0v) is 15.6. The van der Waals surface area contributed by atoms with Gasteiger partial charge in [-0.1, -0.05) is 0 Å². The first-order valence-corrected chi connectivity index (χ1v) is 8.83. The third-order valence-corrected chi connectivity index (χ3v) is 5.53. The van der Waals surface area contributed by atoms with Gasteiger partial charge in [0.25, 0.3) is 0 Å². The molecule has 9 heteroatoms. The molecule has 0 spiro atoms. The van der Waals surface area contributed by atoms with Crippen LogP contribution < -0.4 is 19.9 Å². The van der Waals surface area contributed by atoms with Crippen LogP contribution >= 0.6 is 28.3 Å². The Morgan fingerprint density at radius 3 is 2.41 bits per heavy atom. The maximum absolute atomic E-state index is 12.4. The topological polar surface area (TPSA) is 90.7 Å². The number of nitrogens with two attached hydrogens (primary N) is 1. The van der Waals surface area contributed by atoms with Gasteiger partial charge in [0.05, 0.1) is 18.7 Å². The Bertz CT molecular complexity index is 623. The molecule has 0 aromatic heterocycles. The molecule has 1 saturated carbocycles. The Labute approximate surface area is 145 Å². The maximum atomic E-state index is 12.4. The average molecular weight is 416 g/mol. The van der Waals surface area contributed by atoms with Crippen LogP contribution in [0.2, 0.25) is 0 Å². The van der Waals surface area contributed by atoms with Crippen molar-refractivity contribution in [1.29, 1.82) is 0 Å². The molecule has 0 amide bonds. The van der Waals surface area contributed by atoms with E-state index in [0.29, 0.717) is 16.1 Å². The fourth-order valence-corrected chi connectivity index (χ4v) is 3.74. The fourth-order valence-electron chi connectivity index (χ4n) is 2.02. The van der Waals surface area contributed by atoms with Gasteiger partial charge in [0.15, 0.2) is 0 Å². The summed E-state index contributed by atoms with van der Waals surface area (Å²) >= 11 is 3.30. The van der Waals surface area contributed by atoms with Crippen LogP contribution in [0.1, 0.15) is 12.8 Å². The summed E-state index contributed by atoms with van der Waals surface area (Å²) in [4.78, 5) is 0.0352. The molecule has 22 heavy (non-hydrogen) atoms. The summed E-state index contributed by atoms with van der Waals surface area (Å²) in [5.74, 6) is 1.09. The largest absolute Gasteiger partial charge is 0.496 e. The van der Waals surface area contributed by atoms with Crippen LogP contribution in [0.4, 0.5) is 0 Å². The summed E-state index contributed by atoms with van der Waals surface area (Å²) in [5.41, 5.74) is 5.92. The molecule has 0 saturated heterocycles. The van der Waals surface area contributed by atoms with E-state index >= 15 is 0 Å². The van der Waals surface area contributed by atoms with Gasteiger partial charge in [-0.15, -0.1) is 12.4 Å². The van der Waals surface area contributed by atoms with E-state index in [1.165, 1.54) is 20.3 Å². The maximum Gasteiger partial charge on any atom is 0.244 e. The number of hydrogen-bond acceptors (Lipinski definition) is 5. The van der Waals surface area contributed by atoms with Crippen LogP contribution in [0.25, 0.3) is 0 Å². The van der Waals surface area contributed by atoms with E-state index in [1.54, 1.807) is 6.07 Å². The van der Waals surface area contributed by atoms with Crippen LogP contribution in [0, 0.1) is 5.92 Å². The van der Waals surface area contributed by atoms with Crippen molar-refractivity contribution in [2.24, 2.45) is 11.7 Å². The summed E-state index contributed by atoms with van der Waals surface area (Å²) in [6.07, 6.45) is 2.14. The van der Waals surface area contributed by atoms with E-state index in [4.69, 9.17) is 15.2 Å². The van der Waals surface area contributed by atoms with Gasteiger partial charge in [-0.2, -0.15) is 0 Å². The number of rotatable bonds is 7. The van der Waals surface area contributed by atoms with Gasteiger partial charge in [0, 0.05) is 18.7 Å². The van der Waals surface area contributed by atoms with Gasteiger partial charge < -0.3 is 15.2 Å². The second kappa shape index (κ2) is 7.83. The lowest BCUT2D eigenvalue weighted by molar-refractivity contribution is 0.390. The molecule has 126 valence electrons. The summed E-state index contributed by atoms with van der Waals surface area (Å²) in [6.45, 7) is 0.217. The molecule has 6 nitrogen and oxygen atoms in total. The number of methoxy groups -OCH3 is 2. The van der Waals surface area contributed by atoms with Crippen LogP contribution in [0.5, 0.6) is 11.5 Å². The molecule has 2 rings (SSSR count). The van der Waals surface area contributed by atoms with Gasteiger partial charge in [0.2, 0.25) is 10.0 Å². The molecule has 1 aliphatic carbocycles. The van der Waals surface area contributed by atoms with Crippen molar-refractivity contribution < 1.29 is 17.9 Å². The Hall–Kier alpha value is -0.540. The van der Waals surface area contributed by atoms with E-state index in [0.717, 1.165) is 12.8 Å². The minimum Gasteiger partial charge on any atom is -0.496 e. The summed E-state index contributed by atoms with van der Waals surface area (Å²) in [5, 5.41) is 0. The summed E-state index contributed by atoms with van der Waals surface area (Å²) in [7, 11) is -0.818. The van der Waals surface area contributed by atoms with Gasteiger partial charge in [-0.25, -0.2) is 13.1 Å². The Morgan fingerprint density at radius 2 is 1.91 bits per heavy atom. The second-order valence-corrected chi connectivity index (χ2v) is 7.58. The van der Waals surface area contributed by atoms with Crippen LogP contribution in [-0.2, 0) is 10.0 Å².